The number of ether oxygens (including phenoxy) is 1. The molecule has 1 heterocycles. The fourth-order valence-electron chi connectivity index (χ4n) is 2.09. The van der Waals surface area contributed by atoms with Crippen LogP contribution in [-0.2, 0) is 11.3 Å². The highest BCUT2D eigenvalue weighted by Gasteiger charge is 2.18. The van der Waals surface area contributed by atoms with Gasteiger partial charge in [0.2, 0.25) is 0 Å². The van der Waals surface area contributed by atoms with Crippen LogP contribution in [0.1, 0.15) is 27.4 Å². The molecule has 4 heteroatoms. The second-order valence-electron chi connectivity index (χ2n) is 5.13. The second kappa shape index (κ2) is 7.09. The highest BCUT2D eigenvalue weighted by atomic mass is 16.5. The average molecular weight is 287 g/mol. The highest BCUT2D eigenvalue weighted by molar-refractivity contribution is 5.92. The lowest BCUT2D eigenvalue weighted by molar-refractivity contribution is 0.0642. The third-order valence-electron chi connectivity index (χ3n) is 3.26. The quantitative estimate of drug-likeness (QED) is 0.766. The molecule has 0 saturated carbocycles. The van der Waals surface area contributed by atoms with Crippen molar-refractivity contribution >= 4 is 5.91 Å². The van der Waals surface area contributed by atoms with Gasteiger partial charge in [-0.15, -0.1) is 0 Å². The minimum atomic E-state index is -0.107. The number of hydrogen-bond donors (Lipinski definition) is 0. The summed E-state index contributed by atoms with van der Waals surface area (Å²) in [5.41, 5.74) is 2.00. The molecule has 2 aromatic rings. The van der Waals surface area contributed by atoms with Crippen LogP contribution in [0.3, 0.4) is 0 Å². The molecule has 0 unspecified atom stereocenters. The summed E-state index contributed by atoms with van der Waals surface area (Å²) in [4.78, 5) is 13.8. The number of furan rings is 1. The summed E-state index contributed by atoms with van der Waals surface area (Å²) in [6, 6.07) is 11.8. The Kier molecular flexibility index (Phi) is 5.17. The molecule has 0 radical (unpaired) electrons. The fourth-order valence-corrected chi connectivity index (χ4v) is 2.09. The van der Waals surface area contributed by atoms with E-state index in [2.05, 4.69) is 0 Å². The van der Waals surface area contributed by atoms with Crippen LogP contribution in [0.15, 0.2) is 40.8 Å². The van der Waals surface area contributed by atoms with Gasteiger partial charge >= 0.3 is 0 Å². The van der Waals surface area contributed by atoms with E-state index in [1.165, 1.54) is 0 Å². The normalized spacial score (nSPS) is 10.6. The molecule has 0 aliphatic rings. The topological polar surface area (TPSA) is 42.7 Å². The van der Waals surface area contributed by atoms with Crippen molar-refractivity contribution in [3.05, 3.63) is 59.0 Å². The minimum Gasteiger partial charge on any atom is -0.456 e. The van der Waals surface area contributed by atoms with Crippen molar-refractivity contribution in [2.24, 2.45) is 0 Å². The molecule has 0 atom stereocenters. The monoisotopic (exact) mass is 287 g/mol. The van der Waals surface area contributed by atoms with E-state index in [4.69, 9.17) is 9.15 Å². The maximum Gasteiger partial charge on any atom is 0.289 e. The summed E-state index contributed by atoms with van der Waals surface area (Å²) in [6.45, 7) is 5.30. The van der Waals surface area contributed by atoms with Crippen LogP contribution in [0.5, 0.6) is 0 Å². The van der Waals surface area contributed by atoms with Gasteiger partial charge in [0.15, 0.2) is 5.76 Å². The Morgan fingerprint density at radius 3 is 2.57 bits per heavy atom. The van der Waals surface area contributed by atoms with Crippen molar-refractivity contribution < 1.29 is 13.9 Å². The Labute approximate surface area is 125 Å². The first-order chi connectivity index (χ1) is 10.1. The number of nitrogens with zero attached hydrogens (tertiary/aromatic N) is 1. The molecule has 2 rings (SSSR count). The number of aryl methyl sites for hydroxylation is 2. The number of rotatable bonds is 6. The molecule has 0 bridgehead atoms. The number of benzene rings is 1. The summed E-state index contributed by atoms with van der Waals surface area (Å²) in [5, 5.41) is 0. The molecular weight excluding hydrogens is 266 g/mol. The largest absolute Gasteiger partial charge is 0.456 e. The number of carbonyl (C=O) groups is 1. The summed E-state index contributed by atoms with van der Waals surface area (Å²) < 4.78 is 11.0. The van der Waals surface area contributed by atoms with Crippen molar-refractivity contribution in [2.45, 2.75) is 20.5 Å². The third kappa shape index (κ3) is 4.20. The van der Waals surface area contributed by atoms with Crippen LogP contribution in [0, 0.1) is 13.8 Å². The summed E-state index contributed by atoms with van der Waals surface area (Å²) in [6.07, 6.45) is 0. The van der Waals surface area contributed by atoms with Crippen molar-refractivity contribution in [3.8, 4) is 0 Å². The van der Waals surface area contributed by atoms with Gasteiger partial charge in [-0.1, -0.05) is 30.3 Å². The molecule has 0 saturated heterocycles. The standard InChI is InChI=1S/C17H21NO3/c1-13-11-14(2)21-16(13)17(19)18(3)9-10-20-12-15-7-5-4-6-8-15/h4-8,11H,9-10,12H2,1-3H3. The zero-order valence-electron chi connectivity index (χ0n) is 12.8. The predicted octanol–water partition coefficient (Wildman–Crippen LogP) is 3.19. The van der Waals surface area contributed by atoms with Gasteiger partial charge in [0.25, 0.3) is 5.91 Å². The lowest BCUT2D eigenvalue weighted by atomic mass is 10.2. The molecule has 0 fully saturated rings. The zero-order chi connectivity index (χ0) is 15.2. The Bertz CT molecular complexity index is 589. The SMILES string of the molecule is Cc1cc(C)c(C(=O)N(C)CCOCc2ccccc2)o1. The smallest absolute Gasteiger partial charge is 0.289 e. The van der Waals surface area contributed by atoms with Crippen molar-refractivity contribution in [1.29, 1.82) is 0 Å². The van der Waals surface area contributed by atoms with Gasteiger partial charge in [0.1, 0.15) is 5.76 Å². The molecule has 0 aliphatic carbocycles. The van der Waals surface area contributed by atoms with Crippen LogP contribution in [-0.4, -0.2) is 31.0 Å². The molecule has 0 aliphatic heterocycles. The van der Waals surface area contributed by atoms with E-state index >= 15 is 0 Å². The van der Waals surface area contributed by atoms with Crippen LogP contribution < -0.4 is 0 Å². The molecule has 4 nitrogen and oxygen atoms in total. The van der Waals surface area contributed by atoms with Gasteiger partial charge in [0, 0.05) is 19.2 Å². The molecular formula is C17H21NO3. The number of carbonyl (C=O) groups excluding carboxylic acids is 1. The Morgan fingerprint density at radius 1 is 1.24 bits per heavy atom. The number of amides is 1. The molecule has 21 heavy (non-hydrogen) atoms. The van der Waals surface area contributed by atoms with E-state index in [9.17, 15) is 4.79 Å². The summed E-state index contributed by atoms with van der Waals surface area (Å²) in [5.74, 6) is 1.06. The van der Waals surface area contributed by atoms with Gasteiger partial charge in [-0.05, 0) is 25.5 Å². The van der Waals surface area contributed by atoms with Gasteiger partial charge in [-0.3, -0.25) is 4.79 Å². The van der Waals surface area contributed by atoms with E-state index < -0.39 is 0 Å². The molecule has 1 aromatic carbocycles. The summed E-state index contributed by atoms with van der Waals surface area (Å²) >= 11 is 0. The lowest BCUT2D eigenvalue weighted by Crippen LogP contribution is -2.30. The first kappa shape index (κ1) is 15.3. The maximum absolute atomic E-state index is 12.2. The maximum atomic E-state index is 12.2. The van der Waals surface area contributed by atoms with E-state index in [1.54, 1.807) is 11.9 Å². The minimum absolute atomic E-state index is 0.107. The number of likely N-dealkylation sites (N-methyl/N-ethyl adjacent to an activating group) is 1. The van der Waals surface area contributed by atoms with Crippen LogP contribution in [0.25, 0.3) is 0 Å². The Morgan fingerprint density at radius 2 is 1.95 bits per heavy atom. The van der Waals surface area contributed by atoms with Crippen molar-refractivity contribution in [3.63, 3.8) is 0 Å². The van der Waals surface area contributed by atoms with Crippen LogP contribution >= 0.6 is 0 Å². The van der Waals surface area contributed by atoms with Gasteiger partial charge in [-0.25, -0.2) is 0 Å². The van der Waals surface area contributed by atoms with Crippen molar-refractivity contribution in [2.75, 3.05) is 20.2 Å². The number of hydrogen-bond acceptors (Lipinski definition) is 3. The molecule has 0 N–H and O–H groups in total. The molecule has 1 amide bonds. The van der Waals surface area contributed by atoms with E-state index in [0.29, 0.717) is 25.5 Å². The van der Waals surface area contributed by atoms with Gasteiger partial charge in [-0.2, -0.15) is 0 Å². The second-order valence-corrected chi connectivity index (χ2v) is 5.13. The average Bonchev–Trinajstić information content (AvgIpc) is 2.82. The Balaban J connectivity index is 1.78. The van der Waals surface area contributed by atoms with E-state index in [1.807, 2.05) is 50.2 Å². The first-order valence-corrected chi connectivity index (χ1v) is 7.02. The first-order valence-electron chi connectivity index (χ1n) is 7.02. The van der Waals surface area contributed by atoms with Crippen LogP contribution in [0.2, 0.25) is 0 Å². The Hall–Kier alpha value is -2.07. The van der Waals surface area contributed by atoms with Crippen LogP contribution in [0.4, 0.5) is 0 Å². The van der Waals surface area contributed by atoms with Gasteiger partial charge < -0.3 is 14.1 Å². The third-order valence-corrected chi connectivity index (χ3v) is 3.26. The zero-order valence-corrected chi connectivity index (χ0v) is 12.8. The fraction of sp³-hybridized carbons (Fsp3) is 0.353. The lowest BCUT2D eigenvalue weighted by Gasteiger charge is -2.16. The molecule has 0 spiro atoms. The molecule has 112 valence electrons. The van der Waals surface area contributed by atoms with E-state index in [-0.39, 0.29) is 5.91 Å². The molecule has 1 aromatic heterocycles. The predicted molar refractivity (Wildman–Crippen MR) is 81.2 cm³/mol. The van der Waals surface area contributed by atoms with Crippen molar-refractivity contribution in [1.82, 2.24) is 4.90 Å². The highest BCUT2D eigenvalue weighted by Crippen LogP contribution is 2.15. The summed E-state index contributed by atoms with van der Waals surface area (Å²) in [7, 11) is 1.76. The van der Waals surface area contributed by atoms with Gasteiger partial charge in [0.05, 0.1) is 13.2 Å². The van der Waals surface area contributed by atoms with E-state index in [0.717, 1.165) is 16.9 Å².